The lowest BCUT2D eigenvalue weighted by Gasteiger charge is -2.12. The molecular formula is C17H20N2O4S. The van der Waals surface area contributed by atoms with Gasteiger partial charge in [-0.15, -0.1) is 11.3 Å². The highest BCUT2D eigenvalue weighted by atomic mass is 32.1. The van der Waals surface area contributed by atoms with Crippen LogP contribution in [0.5, 0.6) is 5.75 Å². The number of amides is 2. The number of aryl methyl sites for hydroxylation is 1. The van der Waals surface area contributed by atoms with Gasteiger partial charge in [0.05, 0.1) is 18.9 Å². The number of benzene rings is 1. The molecule has 1 unspecified atom stereocenters. The molecule has 0 aliphatic rings. The molecule has 0 bridgehead atoms. The van der Waals surface area contributed by atoms with Crippen LogP contribution in [0.4, 0.5) is 5.69 Å². The first kappa shape index (κ1) is 18.0. The highest BCUT2D eigenvalue weighted by Crippen LogP contribution is 2.25. The Morgan fingerprint density at radius 3 is 2.75 bits per heavy atom. The molecule has 2 amide bonds. The van der Waals surface area contributed by atoms with E-state index in [9.17, 15) is 14.7 Å². The van der Waals surface area contributed by atoms with Crippen molar-refractivity contribution in [3.63, 3.8) is 0 Å². The van der Waals surface area contributed by atoms with Gasteiger partial charge in [-0.05, 0) is 42.5 Å². The van der Waals surface area contributed by atoms with Crippen molar-refractivity contribution in [1.29, 1.82) is 0 Å². The molecule has 0 aliphatic heterocycles. The van der Waals surface area contributed by atoms with Crippen molar-refractivity contribution in [3.8, 4) is 5.75 Å². The summed E-state index contributed by atoms with van der Waals surface area (Å²) in [6.07, 6.45) is -0.307. The summed E-state index contributed by atoms with van der Waals surface area (Å²) in [7, 11) is 1.49. The van der Waals surface area contributed by atoms with Crippen molar-refractivity contribution in [3.05, 3.63) is 46.2 Å². The van der Waals surface area contributed by atoms with Gasteiger partial charge in [0, 0.05) is 11.4 Å². The topological polar surface area (TPSA) is 87.7 Å². The molecule has 1 aromatic carbocycles. The van der Waals surface area contributed by atoms with Crippen molar-refractivity contribution < 1.29 is 19.4 Å². The summed E-state index contributed by atoms with van der Waals surface area (Å²) in [5.41, 5.74) is 1.38. The van der Waals surface area contributed by atoms with Crippen molar-refractivity contribution in [2.45, 2.75) is 19.4 Å². The Morgan fingerprint density at radius 2 is 2.08 bits per heavy atom. The molecule has 0 saturated heterocycles. The lowest BCUT2D eigenvalue weighted by molar-refractivity contribution is -0.136. The van der Waals surface area contributed by atoms with E-state index in [1.165, 1.54) is 18.4 Å². The predicted octanol–water partition coefficient (Wildman–Crippen LogP) is 2.24. The second-order valence-electron chi connectivity index (χ2n) is 5.23. The number of carbonyl (C=O) groups excluding carboxylic acids is 2. The quantitative estimate of drug-likeness (QED) is 0.699. The van der Waals surface area contributed by atoms with E-state index in [-0.39, 0.29) is 6.54 Å². The van der Waals surface area contributed by atoms with Crippen LogP contribution in [-0.2, 0) is 9.59 Å². The number of aliphatic hydroxyl groups is 1. The van der Waals surface area contributed by atoms with Crippen molar-refractivity contribution in [1.82, 2.24) is 5.32 Å². The van der Waals surface area contributed by atoms with Gasteiger partial charge in [-0.3, -0.25) is 9.59 Å². The molecule has 6 nitrogen and oxygen atoms in total. The first-order valence-corrected chi connectivity index (χ1v) is 8.34. The molecule has 24 heavy (non-hydrogen) atoms. The minimum Gasteiger partial charge on any atom is -0.495 e. The maximum atomic E-state index is 12.0. The van der Waals surface area contributed by atoms with Crippen LogP contribution in [0, 0.1) is 6.92 Å². The van der Waals surface area contributed by atoms with Crippen LogP contribution in [0.1, 0.15) is 23.0 Å². The molecule has 128 valence electrons. The van der Waals surface area contributed by atoms with Crippen LogP contribution in [0.15, 0.2) is 35.7 Å². The Labute approximate surface area is 144 Å². The molecule has 0 aliphatic carbocycles. The smallest absolute Gasteiger partial charge is 0.313 e. The largest absolute Gasteiger partial charge is 0.495 e. The summed E-state index contributed by atoms with van der Waals surface area (Å²) in [5, 5.41) is 16.8. The summed E-state index contributed by atoms with van der Waals surface area (Å²) in [6, 6.07) is 8.98. The average Bonchev–Trinajstić information content (AvgIpc) is 3.09. The van der Waals surface area contributed by atoms with Gasteiger partial charge in [0.2, 0.25) is 0 Å². The number of ether oxygens (including phenoxy) is 1. The molecular weight excluding hydrogens is 328 g/mol. The fourth-order valence-electron chi connectivity index (χ4n) is 2.12. The SMILES string of the molecule is COc1ccc(C)cc1NC(=O)C(=O)NCCC(O)c1cccs1. The van der Waals surface area contributed by atoms with Crippen molar-refractivity contribution in [2.24, 2.45) is 0 Å². The van der Waals surface area contributed by atoms with Gasteiger partial charge in [-0.25, -0.2) is 0 Å². The van der Waals surface area contributed by atoms with E-state index in [4.69, 9.17) is 4.74 Å². The Hall–Kier alpha value is -2.38. The third-order valence-corrected chi connectivity index (χ3v) is 4.36. The Morgan fingerprint density at radius 1 is 1.29 bits per heavy atom. The predicted molar refractivity (Wildman–Crippen MR) is 93.3 cm³/mol. The number of anilines is 1. The number of hydrogen-bond donors (Lipinski definition) is 3. The van der Waals surface area contributed by atoms with E-state index in [0.29, 0.717) is 17.9 Å². The first-order valence-electron chi connectivity index (χ1n) is 7.46. The van der Waals surface area contributed by atoms with E-state index < -0.39 is 17.9 Å². The van der Waals surface area contributed by atoms with Crippen LogP contribution < -0.4 is 15.4 Å². The number of carbonyl (C=O) groups is 2. The lowest BCUT2D eigenvalue weighted by Crippen LogP contribution is -2.36. The maximum absolute atomic E-state index is 12.0. The zero-order valence-corrected chi connectivity index (χ0v) is 14.4. The lowest BCUT2D eigenvalue weighted by atomic mass is 10.2. The molecule has 1 atom stereocenters. The van der Waals surface area contributed by atoms with E-state index in [1.807, 2.05) is 30.5 Å². The molecule has 1 aromatic heterocycles. The van der Waals surface area contributed by atoms with Crippen LogP contribution in [0.25, 0.3) is 0 Å². The van der Waals surface area contributed by atoms with Gasteiger partial charge in [-0.2, -0.15) is 0 Å². The fourth-order valence-corrected chi connectivity index (χ4v) is 2.87. The van der Waals surface area contributed by atoms with E-state index >= 15 is 0 Å². The number of hydrogen-bond acceptors (Lipinski definition) is 5. The number of methoxy groups -OCH3 is 1. The Balaban J connectivity index is 1.84. The average molecular weight is 348 g/mol. The Bertz CT molecular complexity index is 701. The minimum absolute atomic E-state index is 0.205. The maximum Gasteiger partial charge on any atom is 0.313 e. The summed E-state index contributed by atoms with van der Waals surface area (Å²) in [5.74, 6) is -1.05. The summed E-state index contributed by atoms with van der Waals surface area (Å²) in [6.45, 7) is 2.08. The van der Waals surface area contributed by atoms with Gasteiger partial charge in [-0.1, -0.05) is 12.1 Å². The van der Waals surface area contributed by atoms with Crippen LogP contribution in [0.2, 0.25) is 0 Å². The molecule has 3 N–H and O–H groups in total. The van der Waals surface area contributed by atoms with Gasteiger partial charge >= 0.3 is 11.8 Å². The molecule has 0 fully saturated rings. The minimum atomic E-state index is -0.774. The molecule has 0 saturated carbocycles. The molecule has 1 heterocycles. The van der Waals surface area contributed by atoms with E-state index in [2.05, 4.69) is 10.6 Å². The highest BCUT2D eigenvalue weighted by Gasteiger charge is 2.16. The summed E-state index contributed by atoms with van der Waals surface area (Å²) in [4.78, 5) is 24.6. The number of thiophene rings is 1. The molecule has 0 radical (unpaired) electrons. The van der Waals surface area contributed by atoms with E-state index in [1.54, 1.807) is 12.1 Å². The van der Waals surface area contributed by atoms with Gasteiger partial charge in [0.25, 0.3) is 0 Å². The monoisotopic (exact) mass is 348 g/mol. The van der Waals surface area contributed by atoms with E-state index in [0.717, 1.165) is 10.4 Å². The second-order valence-corrected chi connectivity index (χ2v) is 6.21. The third kappa shape index (κ3) is 4.81. The van der Waals surface area contributed by atoms with Crippen LogP contribution >= 0.6 is 11.3 Å². The first-order chi connectivity index (χ1) is 11.5. The van der Waals surface area contributed by atoms with Crippen molar-refractivity contribution >= 4 is 28.8 Å². The van der Waals surface area contributed by atoms with Crippen LogP contribution in [-0.4, -0.2) is 30.6 Å². The number of rotatable bonds is 6. The molecule has 2 aromatic rings. The zero-order chi connectivity index (χ0) is 17.5. The fraction of sp³-hybridized carbons (Fsp3) is 0.294. The highest BCUT2D eigenvalue weighted by molar-refractivity contribution is 7.10. The number of aliphatic hydroxyl groups excluding tert-OH is 1. The molecule has 2 rings (SSSR count). The zero-order valence-electron chi connectivity index (χ0n) is 13.5. The molecule has 0 spiro atoms. The molecule has 7 heteroatoms. The summed E-state index contributed by atoms with van der Waals surface area (Å²) >= 11 is 1.45. The number of nitrogens with one attached hydrogen (secondary N) is 2. The standard InChI is InChI=1S/C17H20N2O4S/c1-11-5-6-14(23-2)12(10-11)19-17(22)16(21)18-8-7-13(20)15-4-3-9-24-15/h3-6,9-10,13,20H,7-8H2,1-2H3,(H,18,21)(H,19,22). The van der Waals surface area contributed by atoms with Gasteiger partial charge in [0.1, 0.15) is 5.75 Å². The van der Waals surface area contributed by atoms with Crippen molar-refractivity contribution in [2.75, 3.05) is 19.0 Å². The summed E-state index contributed by atoms with van der Waals surface area (Å²) < 4.78 is 5.16. The van der Waals surface area contributed by atoms with Crippen LogP contribution in [0.3, 0.4) is 0 Å². The van der Waals surface area contributed by atoms with Gasteiger partial charge in [0.15, 0.2) is 0 Å². The van der Waals surface area contributed by atoms with Gasteiger partial charge < -0.3 is 20.5 Å². The normalized spacial score (nSPS) is 11.6. The Kier molecular flexibility index (Phi) is 6.34. The third-order valence-electron chi connectivity index (χ3n) is 3.38. The second kappa shape index (κ2) is 8.47.